The van der Waals surface area contributed by atoms with Crippen molar-refractivity contribution in [3.8, 4) is 11.5 Å². The van der Waals surface area contributed by atoms with Crippen LogP contribution in [-0.4, -0.2) is 10.2 Å². The predicted molar refractivity (Wildman–Crippen MR) is 66.2 cm³/mol. The second-order valence-electron chi connectivity index (χ2n) is 3.93. The van der Waals surface area contributed by atoms with Gasteiger partial charge in [-0.15, -0.1) is 0 Å². The van der Waals surface area contributed by atoms with Crippen LogP contribution in [0.1, 0.15) is 5.56 Å². The number of ether oxygens (including phenoxy) is 1. The van der Waals surface area contributed by atoms with Crippen molar-refractivity contribution in [2.75, 3.05) is 0 Å². The molecule has 0 aliphatic rings. The Morgan fingerprint density at radius 3 is 2.94 bits per heavy atom. The number of hydrogen-bond donors (Lipinski definition) is 1. The van der Waals surface area contributed by atoms with Gasteiger partial charge in [-0.2, -0.15) is 5.10 Å². The van der Waals surface area contributed by atoms with Crippen molar-refractivity contribution in [3.63, 3.8) is 0 Å². The summed E-state index contributed by atoms with van der Waals surface area (Å²) in [6, 6.07) is 13.7. The summed E-state index contributed by atoms with van der Waals surface area (Å²) in [6.45, 7) is 2.04. The van der Waals surface area contributed by atoms with Gasteiger partial charge in [-0.05, 0) is 36.8 Å². The number of aromatic nitrogens is 2. The van der Waals surface area contributed by atoms with E-state index in [0.29, 0.717) is 0 Å². The average molecular weight is 223 g/mol. The van der Waals surface area contributed by atoms with E-state index in [1.54, 1.807) is 0 Å². The smallest absolute Gasteiger partial charge is 0.139 e. The van der Waals surface area contributed by atoms with Gasteiger partial charge in [0.15, 0.2) is 0 Å². The van der Waals surface area contributed by atoms with E-state index in [2.05, 4.69) is 16.4 Å². The largest absolute Gasteiger partial charge is 0.457 e. The van der Waals surface area contributed by atoms with Gasteiger partial charge in [0.1, 0.15) is 17.7 Å². The Morgan fingerprint density at radius 1 is 1.18 bits per heavy atom. The molecule has 0 spiro atoms. The van der Waals surface area contributed by atoms with E-state index in [0.717, 1.165) is 22.4 Å². The molecule has 17 heavy (non-hydrogen) atoms. The van der Waals surface area contributed by atoms with Crippen molar-refractivity contribution >= 4 is 10.9 Å². The van der Waals surface area contributed by atoms with Crippen LogP contribution in [-0.2, 0) is 0 Å². The highest BCUT2D eigenvalue weighted by molar-refractivity contribution is 5.84. The summed E-state index contributed by atoms with van der Waals surface area (Å²) in [5.74, 6) is 1.59. The van der Waals surface area contributed by atoms with E-state index in [1.165, 1.54) is 5.56 Å². The molecule has 0 amide bonds. The summed E-state index contributed by atoms with van der Waals surface area (Å²) in [5.41, 5.74) is 2.10. The molecule has 0 fully saturated rings. The topological polar surface area (TPSA) is 37.9 Å². The molecule has 0 atom stereocenters. The van der Waals surface area contributed by atoms with Crippen molar-refractivity contribution < 1.29 is 4.74 Å². The van der Waals surface area contributed by atoms with Gasteiger partial charge in [0.25, 0.3) is 0 Å². The third-order valence-electron chi connectivity index (χ3n) is 2.59. The second-order valence-corrected chi connectivity index (χ2v) is 3.93. The number of nitrogens with zero attached hydrogens (tertiary/aromatic N) is 1. The minimum Gasteiger partial charge on any atom is -0.457 e. The molecule has 0 saturated heterocycles. The van der Waals surface area contributed by atoms with Gasteiger partial charge in [0.2, 0.25) is 0 Å². The lowest BCUT2D eigenvalue weighted by Gasteiger charge is -2.06. The van der Waals surface area contributed by atoms with E-state index < -0.39 is 0 Å². The van der Waals surface area contributed by atoms with Crippen LogP contribution in [0.4, 0.5) is 0 Å². The quantitative estimate of drug-likeness (QED) is 0.722. The predicted octanol–water partition coefficient (Wildman–Crippen LogP) is 3.46. The summed E-state index contributed by atoms with van der Waals surface area (Å²) < 4.78 is 5.84. The first-order valence-electron chi connectivity index (χ1n) is 5.42. The fourth-order valence-corrected chi connectivity index (χ4v) is 1.77. The van der Waals surface area contributed by atoms with Crippen molar-refractivity contribution in [2.45, 2.75) is 6.92 Å². The van der Waals surface area contributed by atoms with Crippen molar-refractivity contribution in [2.24, 2.45) is 0 Å². The number of aromatic amines is 1. The molecule has 3 aromatic rings. The molecule has 3 rings (SSSR count). The van der Waals surface area contributed by atoms with Gasteiger partial charge in [-0.3, -0.25) is 5.10 Å². The maximum absolute atomic E-state index is 5.84. The molecule has 0 bridgehead atoms. The lowest BCUT2D eigenvalue weighted by molar-refractivity contribution is 0.488. The Hall–Kier alpha value is -2.29. The van der Waals surface area contributed by atoms with E-state index in [4.69, 9.17) is 4.74 Å². The zero-order valence-corrected chi connectivity index (χ0v) is 9.40. The normalized spacial score (nSPS) is 10.6. The minimum absolute atomic E-state index is 0.766. The Bertz CT molecular complexity index is 658. The summed E-state index contributed by atoms with van der Waals surface area (Å²) in [7, 11) is 0. The summed E-state index contributed by atoms with van der Waals surface area (Å²) in [4.78, 5) is 0. The number of H-pyrrole nitrogens is 1. The second kappa shape index (κ2) is 3.94. The fourth-order valence-electron chi connectivity index (χ4n) is 1.77. The van der Waals surface area contributed by atoms with Gasteiger partial charge in [0, 0.05) is 0 Å². The average Bonchev–Trinajstić information content (AvgIpc) is 2.78. The zero-order chi connectivity index (χ0) is 11.7. The summed E-state index contributed by atoms with van der Waals surface area (Å²) in [6.07, 6.45) is 2.89. The van der Waals surface area contributed by atoms with Crippen LogP contribution in [0.25, 0.3) is 10.9 Å². The summed E-state index contributed by atoms with van der Waals surface area (Å²) in [5, 5.41) is 7.63. The van der Waals surface area contributed by atoms with Crippen molar-refractivity contribution in [3.05, 3.63) is 54.2 Å². The van der Waals surface area contributed by atoms with E-state index in [-0.39, 0.29) is 0 Å². The van der Waals surface area contributed by atoms with Crippen LogP contribution in [0.3, 0.4) is 0 Å². The van der Waals surface area contributed by atoms with Gasteiger partial charge >= 0.3 is 0 Å². The van der Waals surface area contributed by atoms with Crippen molar-refractivity contribution in [1.82, 2.24) is 10.2 Å². The van der Waals surface area contributed by atoms with Crippen LogP contribution < -0.4 is 4.74 Å². The lowest BCUT2D eigenvalue weighted by atomic mass is 10.2. The molecular weight excluding hydrogens is 212 g/mol. The van der Waals surface area contributed by atoms with Crippen LogP contribution in [0, 0.1) is 13.1 Å². The SMILES string of the molecule is Cc1cccc(Oc2cccc3[nH]n[c]c23)c1. The molecular formula is C14H11N2O. The van der Waals surface area contributed by atoms with Gasteiger partial charge in [-0.25, -0.2) is 0 Å². The lowest BCUT2D eigenvalue weighted by Crippen LogP contribution is -1.85. The van der Waals surface area contributed by atoms with Crippen LogP contribution in [0.2, 0.25) is 0 Å². The molecule has 2 aromatic carbocycles. The number of benzene rings is 2. The number of fused-ring (bicyclic) bond motifs is 1. The monoisotopic (exact) mass is 223 g/mol. The maximum Gasteiger partial charge on any atom is 0.139 e. The highest BCUT2D eigenvalue weighted by Gasteiger charge is 2.05. The van der Waals surface area contributed by atoms with Gasteiger partial charge in [0.05, 0.1) is 10.9 Å². The van der Waals surface area contributed by atoms with Crippen LogP contribution in [0.5, 0.6) is 11.5 Å². The maximum atomic E-state index is 5.84. The first-order chi connectivity index (χ1) is 8.33. The Morgan fingerprint density at radius 2 is 2.06 bits per heavy atom. The molecule has 0 unspecified atom stereocenters. The highest BCUT2D eigenvalue weighted by Crippen LogP contribution is 2.28. The van der Waals surface area contributed by atoms with Gasteiger partial charge < -0.3 is 4.74 Å². The first kappa shape index (κ1) is 9.90. The molecule has 1 heterocycles. The third kappa shape index (κ3) is 1.87. The number of aryl methyl sites for hydroxylation is 1. The molecule has 83 valence electrons. The summed E-state index contributed by atoms with van der Waals surface area (Å²) >= 11 is 0. The van der Waals surface area contributed by atoms with Crippen LogP contribution >= 0.6 is 0 Å². The standard InChI is InChI=1S/C14H11N2O/c1-10-4-2-5-11(8-10)17-14-7-3-6-13-12(14)9-15-16-13/h2-8H,1H3,(H,15,16). The number of hydrogen-bond acceptors (Lipinski definition) is 2. The Labute approximate surface area is 99.0 Å². The fraction of sp³-hybridized carbons (Fsp3) is 0.0714. The Kier molecular flexibility index (Phi) is 2.29. The molecule has 0 aliphatic heterocycles. The Balaban J connectivity index is 2.02. The highest BCUT2D eigenvalue weighted by atomic mass is 16.5. The molecule has 3 nitrogen and oxygen atoms in total. The minimum atomic E-state index is 0.766. The molecule has 0 aliphatic carbocycles. The van der Waals surface area contributed by atoms with Crippen LogP contribution in [0.15, 0.2) is 42.5 Å². The third-order valence-corrected chi connectivity index (χ3v) is 2.59. The van der Waals surface area contributed by atoms with E-state index in [9.17, 15) is 0 Å². The molecule has 0 saturated carbocycles. The van der Waals surface area contributed by atoms with Gasteiger partial charge in [-0.1, -0.05) is 18.2 Å². The molecule has 3 heteroatoms. The molecule has 1 radical (unpaired) electrons. The van der Waals surface area contributed by atoms with E-state index >= 15 is 0 Å². The molecule has 1 N–H and O–H groups in total. The number of nitrogens with one attached hydrogen (secondary N) is 1. The van der Waals surface area contributed by atoms with E-state index in [1.807, 2.05) is 49.4 Å². The van der Waals surface area contributed by atoms with Crippen molar-refractivity contribution in [1.29, 1.82) is 0 Å². The number of rotatable bonds is 2. The zero-order valence-electron chi connectivity index (χ0n) is 9.40. The molecule has 1 aromatic heterocycles. The first-order valence-corrected chi connectivity index (χ1v) is 5.42.